The summed E-state index contributed by atoms with van der Waals surface area (Å²) in [7, 11) is -2.38. The summed E-state index contributed by atoms with van der Waals surface area (Å²) < 4.78 is 21.0. The number of nitrogens with two attached hydrogens (primary N) is 1. The fraction of sp³-hybridized carbons (Fsp3) is 0.617. The van der Waals surface area contributed by atoms with Crippen molar-refractivity contribution in [3.05, 3.63) is 23.8 Å². The standard InChI is InChI=1S/C47H69N11O15S/c1-5-23(2)39-44(69)51-18-37(64)52-33-22-74(72)46-29(28-11-10-27(15-30(28)55-46)73-13-9-7-6-8-12-49-25(4)60)16-31(41(66)50-19-38(65)56-39)53-45(70)40(24(3)35(62)21-59)57-43(68)34-14-26(61)20-58(34)47(71)32(17-36(48)63)54-42(33)67/h10-11,15,23-24,26,31-35,39-40,55,59,61-62H,5-9,12-14,16-22H2,1-4H3,(H2,48,63)(H,49,60)(H,50,66)(H,51,69)(H,52,64)(H,53,70)(H,54,67)(H,56,65)(H,57,68)/t23-,24-,26?,31?,32-,33?,34-,35-,39-,40-,74?/m0/s1. The zero-order chi connectivity index (χ0) is 54.4. The average molecular weight is 1060 g/mol. The molecular weight excluding hydrogens is 991 g/mol. The van der Waals surface area contributed by atoms with E-state index in [9.17, 15) is 67.5 Å². The third kappa shape index (κ3) is 15.7. The quantitative estimate of drug-likeness (QED) is 0.0748. The number of rotatable bonds is 15. The molecule has 408 valence electrons. The summed E-state index contributed by atoms with van der Waals surface area (Å²) in [6.07, 6.45) is -1.34. The molecule has 2 aromatic rings. The molecule has 27 heteroatoms. The van der Waals surface area contributed by atoms with Crippen molar-refractivity contribution in [2.24, 2.45) is 17.6 Å². The van der Waals surface area contributed by atoms with Gasteiger partial charge in [0.2, 0.25) is 59.1 Å². The highest BCUT2D eigenvalue weighted by Gasteiger charge is 2.45. The predicted molar refractivity (Wildman–Crippen MR) is 263 cm³/mol. The number of nitrogens with zero attached hydrogens (tertiary/aromatic N) is 1. The normalized spacial score (nSPS) is 26.1. The maximum absolute atomic E-state index is 14.9. The Balaban J connectivity index is 1.68. The molecule has 0 spiro atoms. The van der Waals surface area contributed by atoms with E-state index in [2.05, 4.69) is 47.5 Å². The summed E-state index contributed by atoms with van der Waals surface area (Å²) in [4.78, 5) is 140. The number of aromatic amines is 1. The molecule has 4 unspecified atom stereocenters. The number of unbranched alkanes of at least 4 members (excludes halogenated alkanes) is 3. The van der Waals surface area contributed by atoms with Crippen molar-refractivity contribution in [1.82, 2.24) is 52.4 Å². The van der Waals surface area contributed by atoms with Gasteiger partial charge in [0, 0.05) is 50.2 Å². The number of amides is 10. The number of benzene rings is 1. The van der Waals surface area contributed by atoms with Crippen molar-refractivity contribution in [3.8, 4) is 5.75 Å². The largest absolute Gasteiger partial charge is 0.494 e. The van der Waals surface area contributed by atoms with Crippen molar-refractivity contribution in [1.29, 1.82) is 0 Å². The zero-order valence-electron chi connectivity index (χ0n) is 41.8. The van der Waals surface area contributed by atoms with Crippen LogP contribution >= 0.6 is 0 Å². The van der Waals surface area contributed by atoms with Gasteiger partial charge >= 0.3 is 0 Å². The third-order valence-corrected chi connectivity index (χ3v) is 14.7. The fourth-order valence-corrected chi connectivity index (χ4v) is 10.2. The first kappa shape index (κ1) is 58.2. The molecule has 0 radical (unpaired) electrons. The third-order valence-electron chi connectivity index (χ3n) is 13.2. The number of primary amides is 1. The van der Waals surface area contributed by atoms with Gasteiger partial charge in [0.25, 0.3) is 0 Å². The molecule has 1 fully saturated rings. The minimum atomic E-state index is -2.38. The van der Waals surface area contributed by atoms with Crippen LogP contribution in [0.3, 0.4) is 0 Å². The topological polar surface area (TPSA) is 399 Å². The zero-order valence-corrected chi connectivity index (χ0v) is 42.6. The van der Waals surface area contributed by atoms with Crippen LogP contribution in [0.2, 0.25) is 0 Å². The van der Waals surface area contributed by atoms with Crippen LogP contribution in [0, 0.1) is 11.8 Å². The lowest BCUT2D eigenvalue weighted by molar-refractivity contribution is -0.144. The molecule has 3 aliphatic rings. The highest BCUT2D eigenvalue weighted by Crippen LogP contribution is 2.31. The maximum atomic E-state index is 14.9. The van der Waals surface area contributed by atoms with Crippen LogP contribution in [0.15, 0.2) is 23.2 Å². The van der Waals surface area contributed by atoms with Crippen molar-refractivity contribution in [3.63, 3.8) is 0 Å². The number of fused-ring (bicyclic) bond motifs is 5. The van der Waals surface area contributed by atoms with Gasteiger partial charge in [-0.25, -0.2) is 0 Å². The number of carbonyl (C=O) groups excluding carboxylic acids is 10. The van der Waals surface area contributed by atoms with E-state index >= 15 is 0 Å². The first-order valence-electron chi connectivity index (χ1n) is 24.6. The van der Waals surface area contributed by atoms with Gasteiger partial charge in [0.1, 0.15) is 47.0 Å². The number of H-pyrrole nitrogens is 1. The molecule has 74 heavy (non-hydrogen) atoms. The second kappa shape index (κ2) is 27.0. The summed E-state index contributed by atoms with van der Waals surface area (Å²) in [6.45, 7) is 4.08. The Morgan fingerprint density at radius 2 is 1.55 bits per heavy atom. The smallest absolute Gasteiger partial charge is 0.246 e. The minimum Gasteiger partial charge on any atom is -0.494 e. The number of nitrogens with one attached hydrogen (secondary N) is 9. The Kier molecular flexibility index (Phi) is 21.2. The van der Waals surface area contributed by atoms with Crippen LogP contribution in [0.1, 0.15) is 78.2 Å². The van der Waals surface area contributed by atoms with E-state index in [4.69, 9.17) is 10.5 Å². The molecule has 1 aromatic heterocycles. The molecule has 0 saturated carbocycles. The van der Waals surface area contributed by atoms with Gasteiger partial charge in [-0.3, -0.25) is 52.2 Å². The maximum Gasteiger partial charge on any atom is 0.246 e. The lowest BCUT2D eigenvalue weighted by Crippen LogP contribution is -2.62. The predicted octanol–water partition coefficient (Wildman–Crippen LogP) is -4.55. The van der Waals surface area contributed by atoms with Gasteiger partial charge in [-0.05, 0) is 36.5 Å². The number of hydrogen-bond acceptors (Lipinski definition) is 15. The van der Waals surface area contributed by atoms with Gasteiger partial charge in [-0.15, -0.1) is 0 Å². The van der Waals surface area contributed by atoms with E-state index in [1.54, 1.807) is 32.0 Å². The van der Waals surface area contributed by atoms with Gasteiger partial charge in [-0.1, -0.05) is 40.0 Å². The molecule has 11 atom stereocenters. The molecular formula is C47H69N11O15S. The minimum absolute atomic E-state index is 0.115. The average Bonchev–Trinajstić information content (AvgIpc) is 3.93. The van der Waals surface area contributed by atoms with Crippen molar-refractivity contribution < 1.29 is 72.2 Å². The number of carbonyl (C=O) groups is 10. The highest BCUT2D eigenvalue weighted by atomic mass is 32.2. The summed E-state index contributed by atoms with van der Waals surface area (Å²) in [5.41, 5.74) is 5.98. The number of aliphatic hydroxyl groups is 3. The lowest BCUT2D eigenvalue weighted by atomic mass is 9.93. The first-order chi connectivity index (χ1) is 35.1. The van der Waals surface area contributed by atoms with Crippen molar-refractivity contribution in [2.75, 3.05) is 45.1 Å². The van der Waals surface area contributed by atoms with Crippen molar-refractivity contribution >= 4 is 80.8 Å². The number of ether oxygens (including phenoxy) is 1. The van der Waals surface area contributed by atoms with Crippen LogP contribution in [-0.2, 0) is 65.2 Å². The lowest BCUT2D eigenvalue weighted by Gasteiger charge is -2.32. The van der Waals surface area contributed by atoms with E-state index in [0.717, 1.165) is 24.2 Å². The molecule has 4 heterocycles. The van der Waals surface area contributed by atoms with Crippen LogP contribution in [-0.4, -0.2) is 182 Å². The van der Waals surface area contributed by atoms with Gasteiger partial charge in [0.05, 0.1) is 67.0 Å². The molecule has 1 aromatic carbocycles. The van der Waals surface area contributed by atoms with Crippen LogP contribution < -0.4 is 53.0 Å². The van der Waals surface area contributed by atoms with E-state index in [1.807, 2.05) is 0 Å². The second-order valence-electron chi connectivity index (χ2n) is 18.9. The summed E-state index contributed by atoms with van der Waals surface area (Å²) in [6, 6.07) is -5.16. The first-order valence-corrected chi connectivity index (χ1v) is 25.9. The second-order valence-corrected chi connectivity index (χ2v) is 20.3. The number of aromatic nitrogens is 1. The number of hydrogen-bond donors (Lipinski definition) is 13. The summed E-state index contributed by atoms with van der Waals surface area (Å²) >= 11 is 0. The summed E-state index contributed by atoms with van der Waals surface area (Å²) in [5, 5.41) is 51.9. The molecule has 0 aliphatic carbocycles. The van der Waals surface area contributed by atoms with E-state index < -0.39 is 176 Å². The Morgan fingerprint density at radius 1 is 0.865 bits per heavy atom. The van der Waals surface area contributed by atoms with E-state index in [1.165, 1.54) is 13.8 Å². The van der Waals surface area contributed by atoms with Gasteiger partial charge < -0.3 is 78.2 Å². The molecule has 5 rings (SSSR count). The molecule has 2 bridgehead atoms. The van der Waals surface area contributed by atoms with E-state index in [0.29, 0.717) is 42.6 Å². The Labute approximate surface area is 429 Å². The Hall–Kier alpha value is -6.71. The van der Waals surface area contributed by atoms with Crippen LogP contribution in [0.5, 0.6) is 5.75 Å². The molecule has 1 saturated heterocycles. The highest BCUT2D eigenvalue weighted by molar-refractivity contribution is 7.85. The van der Waals surface area contributed by atoms with Crippen LogP contribution in [0.4, 0.5) is 0 Å². The Morgan fingerprint density at radius 3 is 2.23 bits per heavy atom. The summed E-state index contributed by atoms with van der Waals surface area (Å²) in [5.74, 6) is -11.5. The fourth-order valence-electron chi connectivity index (χ4n) is 8.82. The van der Waals surface area contributed by atoms with Crippen molar-refractivity contribution in [2.45, 2.75) is 133 Å². The molecule has 26 nitrogen and oxygen atoms in total. The molecule has 14 N–H and O–H groups in total. The molecule has 10 amide bonds. The van der Waals surface area contributed by atoms with Crippen LogP contribution in [0.25, 0.3) is 10.9 Å². The Bertz CT molecular complexity index is 2450. The number of aliphatic hydroxyl groups excluding tert-OH is 3. The van der Waals surface area contributed by atoms with E-state index in [-0.39, 0.29) is 16.5 Å². The van der Waals surface area contributed by atoms with Gasteiger partial charge in [-0.2, -0.15) is 0 Å². The molecule has 3 aliphatic heterocycles. The monoisotopic (exact) mass is 1060 g/mol. The van der Waals surface area contributed by atoms with Gasteiger partial charge in [0.15, 0.2) is 0 Å². The SMILES string of the molecule is CC[C@H](C)[C@@H]1NC(=O)CNC(=O)C2Cc3c([nH]c4cc(OCCCCCCNC(C)=O)ccc34)S(=O)CC(NC(=O)CNC1=O)C(=O)N[C@@H](CC(N)=O)C(=O)N1CC(O)C[C@H]1C(=O)N[C@@H]([C@@H](C)[C@@H](O)CO)C(=O)N2.